The van der Waals surface area contributed by atoms with E-state index in [-0.39, 0.29) is 6.10 Å². The number of aliphatic hydroxyl groups excluding tert-OH is 1. The maximum absolute atomic E-state index is 9.80. The van der Waals surface area contributed by atoms with Crippen LogP contribution in [0.4, 0.5) is 17.5 Å². The van der Waals surface area contributed by atoms with E-state index in [1.165, 1.54) is 16.7 Å². The molecule has 1 aliphatic heterocycles. The van der Waals surface area contributed by atoms with Crippen LogP contribution in [0.5, 0.6) is 0 Å². The number of hydrogen-bond acceptors (Lipinski definition) is 6. The molecule has 2 aromatic rings. The van der Waals surface area contributed by atoms with E-state index in [1.807, 2.05) is 13.0 Å². The SMILES string of the molecule is CC1=CC(Nc2nc(Nc3cc(C)c([C@H]4CC[C@H](O)CC4)cc3C)ncc2Cl)=NC1. The van der Waals surface area contributed by atoms with Gasteiger partial charge in [-0.1, -0.05) is 17.7 Å². The van der Waals surface area contributed by atoms with Gasteiger partial charge in [0.05, 0.1) is 18.8 Å². The van der Waals surface area contributed by atoms with Gasteiger partial charge in [-0.3, -0.25) is 4.99 Å². The molecule has 3 N–H and O–H groups in total. The zero-order valence-electron chi connectivity index (χ0n) is 17.7. The van der Waals surface area contributed by atoms with Crippen LogP contribution in [-0.2, 0) is 0 Å². The van der Waals surface area contributed by atoms with Gasteiger partial charge in [0.25, 0.3) is 0 Å². The highest BCUT2D eigenvalue weighted by Crippen LogP contribution is 2.37. The van der Waals surface area contributed by atoms with E-state index >= 15 is 0 Å². The van der Waals surface area contributed by atoms with Gasteiger partial charge in [0, 0.05) is 5.69 Å². The quantitative estimate of drug-likeness (QED) is 0.620. The van der Waals surface area contributed by atoms with Crippen LogP contribution < -0.4 is 10.6 Å². The van der Waals surface area contributed by atoms with Gasteiger partial charge in [-0.2, -0.15) is 4.98 Å². The Balaban J connectivity index is 1.53. The first kappa shape index (κ1) is 20.8. The van der Waals surface area contributed by atoms with Crippen LogP contribution in [0.3, 0.4) is 0 Å². The lowest BCUT2D eigenvalue weighted by Gasteiger charge is -2.27. The Labute approximate surface area is 182 Å². The lowest BCUT2D eigenvalue weighted by Crippen LogP contribution is -2.17. The van der Waals surface area contributed by atoms with Crippen molar-refractivity contribution in [3.8, 4) is 0 Å². The number of nitrogens with zero attached hydrogens (tertiary/aromatic N) is 3. The number of aromatic nitrogens is 2. The number of nitrogens with one attached hydrogen (secondary N) is 2. The normalized spacial score (nSPS) is 21.2. The summed E-state index contributed by atoms with van der Waals surface area (Å²) in [6, 6.07) is 4.42. The van der Waals surface area contributed by atoms with E-state index in [2.05, 4.69) is 51.6 Å². The zero-order chi connectivity index (χ0) is 21.3. The second-order valence-electron chi connectivity index (χ2n) is 8.36. The molecule has 1 aliphatic carbocycles. The lowest BCUT2D eigenvalue weighted by molar-refractivity contribution is 0.122. The highest BCUT2D eigenvalue weighted by Gasteiger charge is 2.22. The van der Waals surface area contributed by atoms with Gasteiger partial charge < -0.3 is 15.7 Å². The third-order valence-electron chi connectivity index (χ3n) is 5.87. The summed E-state index contributed by atoms with van der Waals surface area (Å²) in [5.74, 6) is 2.29. The first-order chi connectivity index (χ1) is 14.4. The number of amidine groups is 1. The van der Waals surface area contributed by atoms with Gasteiger partial charge in [0.15, 0.2) is 5.82 Å². The number of aryl methyl sites for hydroxylation is 2. The summed E-state index contributed by atoms with van der Waals surface area (Å²) in [6.07, 6.45) is 7.30. The van der Waals surface area contributed by atoms with Gasteiger partial charge in [-0.05, 0) is 86.8 Å². The fourth-order valence-electron chi connectivity index (χ4n) is 4.17. The third-order valence-corrected chi connectivity index (χ3v) is 6.15. The molecule has 1 saturated carbocycles. The molecular weight excluding hydrogens is 398 g/mol. The number of aliphatic hydroxyl groups is 1. The second kappa shape index (κ2) is 8.74. The number of halogens is 1. The number of aliphatic imine (C=N–C) groups is 1. The highest BCUT2D eigenvalue weighted by molar-refractivity contribution is 6.33. The predicted molar refractivity (Wildman–Crippen MR) is 123 cm³/mol. The first-order valence-electron chi connectivity index (χ1n) is 10.5. The van der Waals surface area contributed by atoms with Crippen molar-refractivity contribution in [2.45, 2.75) is 58.5 Å². The number of benzene rings is 1. The molecule has 158 valence electrons. The van der Waals surface area contributed by atoms with Crippen LogP contribution >= 0.6 is 11.6 Å². The maximum atomic E-state index is 9.80. The molecule has 2 heterocycles. The van der Waals surface area contributed by atoms with Crippen molar-refractivity contribution >= 4 is 34.9 Å². The van der Waals surface area contributed by atoms with E-state index in [0.29, 0.717) is 29.3 Å². The van der Waals surface area contributed by atoms with Crippen molar-refractivity contribution in [3.05, 3.63) is 51.7 Å². The van der Waals surface area contributed by atoms with E-state index in [4.69, 9.17) is 11.6 Å². The van der Waals surface area contributed by atoms with Gasteiger partial charge >= 0.3 is 0 Å². The molecule has 2 aliphatic rings. The van der Waals surface area contributed by atoms with Crippen LogP contribution in [0.1, 0.15) is 55.2 Å². The molecule has 0 radical (unpaired) electrons. The van der Waals surface area contributed by atoms with Crippen molar-refractivity contribution < 1.29 is 5.11 Å². The first-order valence-corrected chi connectivity index (χ1v) is 10.8. The Hall–Kier alpha value is -2.44. The topological polar surface area (TPSA) is 82.4 Å². The largest absolute Gasteiger partial charge is 0.393 e. The average Bonchev–Trinajstić information content (AvgIpc) is 3.12. The van der Waals surface area contributed by atoms with E-state index in [1.54, 1.807) is 6.20 Å². The van der Waals surface area contributed by atoms with Gasteiger partial charge in [0.1, 0.15) is 10.9 Å². The third kappa shape index (κ3) is 4.65. The fraction of sp³-hybridized carbons (Fsp3) is 0.435. The highest BCUT2D eigenvalue weighted by atomic mass is 35.5. The summed E-state index contributed by atoms with van der Waals surface area (Å²) in [5.41, 5.74) is 5.95. The molecule has 7 heteroatoms. The lowest BCUT2D eigenvalue weighted by atomic mass is 9.80. The summed E-state index contributed by atoms with van der Waals surface area (Å²) < 4.78 is 0. The number of anilines is 3. The Kier molecular flexibility index (Phi) is 6.06. The molecule has 30 heavy (non-hydrogen) atoms. The number of hydrogen-bond donors (Lipinski definition) is 3. The van der Waals surface area contributed by atoms with Crippen molar-refractivity contribution in [1.82, 2.24) is 9.97 Å². The summed E-state index contributed by atoms with van der Waals surface area (Å²) in [5, 5.41) is 16.8. The fourth-order valence-corrected chi connectivity index (χ4v) is 4.31. The van der Waals surface area contributed by atoms with E-state index < -0.39 is 0 Å². The van der Waals surface area contributed by atoms with Crippen LogP contribution in [0.25, 0.3) is 0 Å². The molecule has 1 aromatic heterocycles. The molecule has 0 atom stereocenters. The Morgan fingerprint density at radius 3 is 2.50 bits per heavy atom. The molecule has 1 aromatic carbocycles. The summed E-state index contributed by atoms with van der Waals surface area (Å²) >= 11 is 6.28. The van der Waals surface area contributed by atoms with Crippen molar-refractivity contribution in [1.29, 1.82) is 0 Å². The predicted octanol–water partition coefficient (Wildman–Crippen LogP) is 5.28. The Morgan fingerprint density at radius 1 is 1.03 bits per heavy atom. The average molecular weight is 426 g/mol. The Morgan fingerprint density at radius 2 is 1.80 bits per heavy atom. The minimum atomic E-state index is -0.136. The zero-order valence-corrected chi connectivity index (χ0v) is 18.4. The monoisotopic (exact) mass is 425 g/mol. The molecule has 0 saturated heterocycles. The molecule has 1 fully saturated rings. The van der Waals surface area contributed by atoms with Crippen LogP contribution in [0.2, 0.25) is 5.02 Å². The number of rotatable bonds is 4. The van der Waals surface area contributed by atoms with Crippen molar-refractivity contribution in [2.24, 2.45) is 4.99 Å². The molecule has 0 unspecified atom stereocenters. The Bertz CT molecular complexity index is 1010. The van der Waals surface area contributed by atoms with Crippen molar-refractivity contribution in [2.75, 3.05) is 17.2 Å². The minimum absolute atomic E-state index is 0.136. The summed E-state index contributed by atoms with van der Waals surface area (Å²) in [6.45, 7) is 6.98. The van der Waals surface area contributed by atoms with Gasteiger partial charge in [0.2, 0.25) is 5.95 Å². The van der Waals surface area contributed by atoms with Gasteiger partial charge in [-0.15, -0.1) is 0 Å². The summed E-state index contributed by atoms with van der Waals surface area (Å²) in [7, 11) is 0. The second-order valence-corrected chi connectivity index (χ2v) is 8.77. The maximum Gasteiger partial charge on any atom is 0.229 e. The minimum Gasteiger partial charge on any atom is -0.393 e. The van der Waals surface area contributed by atoms with Gasteiger partial charge in [-0.25, -0.2) is 4.98 Å². The van der Waals surface area contributed by atoms with Crippen LogP contribution in [0, 0.1) is 13.8 Å². The smallest absolute Gasteiger partial charge is 0.229 e. The van der Waals surface area contributed by atoms with E-state index in [9.17, 15) is 5.11 Å². The standard InChI is InChI=1S/C23H28ClN5O/c1-13-8-21(25-11-13)28-22-19(24)12-26-23(29-22)27-20-10-14(2)18(9-15(20)3)16-4-6-17(30)7-5-16/h8-10,12,16-17,30H,4-7,11H2,1-3H3,(H2,25,26,27,28,29)/t16-,17-. The molecule has 0 spiro atoms. The molecular formula is C23H28ClN5O. The van der Waals surface area contributed by atoms with Crippen LogP contribution in [0.15, 0.2) is 35.0 Å². The van der Waals surface area contributed by atoms with Crippen LogP contribution in [-0.4, -0.2) is 33.6 Å². The summed E-state index contributed by atoms with van der Waals surface area (Å²) in [4.78, 5) is 13.3. The molecule has 0 bridgehead atoms. The van der Waals surface area contributed by atoms with E-state index in [0.717, 1.165) is 42.8 Å². The van der Waals surface area contributed by atoms with Crippen molar-refractivity contribution in [3.63, 3.8) is 0 Å². The molecule has 0 amide bonds. The molecule has 6 nitrogen and oxygen atoms in total. The molecule has 4 rings (SSSR count).